The van der Waals surface area contributed by atoms with Crippen molar-refractivity contribution in [1.82, 2.24) is 5.32 Å². The van der Waals surface area contributed by atoms with Gasteiger partial charge in [0.25, 0.3) is 0 Å². The van der Waals surface area contributed by atoms with Gasteiger partial charge in [-0.2, -0.15) is 0 Å². The molecule has 0 aliphatic carbocycles. The Balaban J connectivity index is 2.24. The predicted octanol–water partition coefficient (Wildman–Crippen LogP) is 5.03. The second kappa shape index (κ2) is 6.93. The van der Waals surface area contributed by atoms with Gasteiger partial charge < -0.3 is 10.1 Å². The molecule has 0 heterocycles. The van der Waals surface area contributed by atoms with Crippen LogP contribution in [0, 0.1) is 5.82 Å². The molecule has 2 nitrogen and oxygen atoms in total. The molecular weight excluding hydrogens is 300 g/mol. The first-order valence-electron chi connectivity index (χ1n) is 6.22. The van der Waals surface area contributed by atoms with Crippen LogP contribution in [0.5, 0.6) is 11.5 Å². The van der Waals surface area contributed by atoms with Crippen LogP contribution in [-0.4, -0.2) is 6.54 Å². The lowest BCUT2D eigenvalue weighted by atomic mass is 10.2. The van der Waals surface area contributed by atoms with Gasteiger partial charge in [0.05, 0.1) is 5.02 Å². The van der Waals surface area contributed by atoms with E-state index >= 15 is 0 Å². The zero-order valence-electron chi connectivity index (χ0n) is 10.9. The number of rotatable bonds is 5. The Bertz CT molecular complexity index is 604. The molecule has 0 amide bonds. The highest BCUT2D eigenvalue weighted by molar-refractivity contribution is 6.42. The van der Waals surface area contributed by atoms with Crippen molar-refractivity contribution in [2.24, 2.45) is 0 Å². The van der Waals surface area contributed by atoms with Crippen LogP contribution in [0.15, 0.2) is 36.4 Å². The van der Waals surface area contributed by atoms with Crippen molar-refractivity contribution in [3.63, 3.8) is 0 Å². The zero-order chi connectivity index (χ0) is 14.5. The average Bonchev–Trinajstić information content (AvgIpc) is 2.41. The van der Waals surface area contributed by atoms with Crippen LogP contribution in [0.2, 0.25) is 10.0 Å². The first-order chi connectivity index (χ1) is 9.60. The SMILES string of the molecule is CCNCc1cc(F)cc(Oc2cccc(Cl)c2Cl)c1. The summed E-state index contributed by atoms with van der Waals surface area (Å²) in [5.74, 6) is 0.440. The monoisotopic (exact) mass is 313 g/mol. The van der Waals surface area contributed by atoms with Gasteiger partial charge in [-0.15, -0.1) is 0 Å². The molecule has 2 aromatic carbocycles. The van der Waals surface area contributed by atoms with Gasteiger partial charge >= 0.3 is 0 Å². The lowest BCUT2D eigenvalue weighted by Gasteiger charge is -2.10. The Hall–Kier alpha value is -1.29. The summed E-state index contributed by atoms with van der Waals surface area (Å²) in [5.41, 5.74) is 0.806. The van der Waals surface area contributed by atoms with Crippen LogP contribution in [0.1, 0.15) is 12.5 Å². The lowest BCUT2D eigenvalue weighted by Crippen LogP contribution is -2.11. The first-order valence-corrected chi connectivity index (χ1v) is 6.97. The molecule has 0 saturated heterocycles. The maximum atomic E-state index is 13.6. The van der Waals surface area contributed by atoms with Crippen LogP contribution in [0.25, 0.3) is 0 Å². The third-order valence-electron chi connectivity index (χ3n) is 2.65. The summed E-state index contributed by atoms with van der Waals surface area (Å²) in [6.45, 7) is 3.38. The third-order valence-corrected chi connectivity index (χ3v) is 3.46. The number of hydrogen-bond donors (Lipinski definition) is 1. The van der Waals surface area contributed by atoms with Gasteiger partial charge in [0.15, 0.2) is 0 Å². The van der Waals surface area contributed by atoms with Crippen molar-refractivity contribution in [1.29, 1.82) is 0 Å². The van der Waals surface area contributed by atoms with Crippen molar-refractivity contribution in [3.8, 4) is 11.5 Å². The molecular formula is C15H14Cl2FNO. The summed E-state index contributed by atoms with van der Waals surface area (Å²) >= 11 is 12.0. The van der Waals surface area contributed by atoms with Gasteiger partial charge in [-0.3, -0.25) is 0 Å². The Morgan fingerprint density at radius 1 is 1.20 bits per heavy atom. The first kappa shape index (κ1) is 15.1. The molecule has 2 rings (SSSR count). The molecule has 20 heavy (non-hydrogen) atoms. The fraction of sp³-hybridized carbons (Fsp3) is 0.200. The molecule has 0 aliphatic rings. The largest absolute Gasteiger partial charge is 0.456 e. The van der Waals surface area contributed by atoms with E-state index in [0.717, 1.165) is 12.1 Å². The van der Waals surface area contributed by atoms with Gasteiger partial charge in [0, 0.05) is 12.6 Å². The Kier molecular flexibility index (Phi) is 5.24. The lowest BCUT2D eigenvalue weighted by molar-refractivity contribution is 0.475. The summed E-state index contributed by atoms with van der Waals surface area (Å²) in [6, 6.07) is 9.62. The minimum absolute atomic E-state index is 0.312. The molecule has 0 radical (unpaired) electrons. The molecule has 106 valence electrons. The van der Waals surface area contributed by atoms with Gasteiger partial charge in [0.1, 0.15) is 22.3 Å². The quantitative estimate of drug-likeness (QED) is 0.835. The van der Waals surface area contributed by atoms with E-state index in [1.165, 1.54) is 12.1 Å². The molecule has 1 N–H and O–H groups in total. The van der Waals surface area contributed by atoms with E-state index in [1.54, 1.807) is 24.3 Å². The number of ether oxygens (including phenoxy) is 1. The number of benzene rings is 2. The molecule has 0 bridgehead atoms. The van der Waals surface area contributed by atoms with Crippen LogP contribution in [0.3, 0.4) is 0 Å². The second-order valence-corrected chi connectivity index (χ2v) is 5.01. The molecule has 0 atom stereocenters. The Morgan fingerprint density at radius 2 is 2.00 bits per heavy atom. The van der Waals surface area contributed by atoms with Crippen molar-refractivity contribution in [2.75, 3.05) is 6.54 Å². The van der Waals surface area contributed by atoms with E-state index in [2.05, 4.69) is 5.32 Å². The van der Waals surface area contributed by atoms with Gasteiger partial charge in [0.2, 0.25) is 0 Å². The number of halogens is 3. The maximum Gasteiger partial charge on any atom is 0.147 e. The molecule has 0 aliphatic heterocycles. The van der Waals surface area contributed by atoms with E-state index < -0.39 is 0 Å². The summed E-state index contributed by atoms with van der Waals surface area (Å²) in [7, 11) is 0. The van der Waals surface area contributed by atoms with Crippen molar-refractivity contribution in [3.05, 3.63) is 57.8 Å². The summed E-state index contributed by atoms with van der Waals surface area (Å²) in [6.07, 6.45) is 0. The van der Waals surface area contributed by atoms with E-state index in [9.17, 15) is 4.39 Å². The minimum Gasteiger partial charge on any atom is -0.456 e. The third kappa shape index (κ3) is 3.85. The van der Waals surface area contributed by atoms with Gasteiger partial charge in [-0.05, 0) is 36.4 Å². The van der Waals surface area contributed by atoms with Crippen LogP contribution >= 0.6 is 23.2 Å². The van der Waals surface area contributed by atoms with Crippen LogP contribution < -0.4 is 10.1 Å². The Morgan fingerprint density at radius 3 is 2.75 bits per heavy atom. The highest BCUT2D eigenvalue weighted by Crippen LogP contribution is 2.34. The fourth-order valence-corrected chi connectivity index (χ4v) is 2.07. The Labute approximate surface area is 127 Å². The topological polar surface area (TPSA) is 21.3 Å². The molecule has 0 fully saturated rings. The molecule has 5 heteroatoms. The average molecular weight is 314 g/mol. The summed E-state index contributed by atoms with van der Waals surface area (Å²) < 4.78 is 19.2. The fourth-order valence-electron chi connectivity index (χ4n) is 1.74. The molecule has 0 saturated carbocycles. The van der Waals surface area contributed by atoms with Crippen LogP contribution in [0.4, 0.5) is 4.39 Å². The van der Waals surface area contributed by atoms with E-state index in [4.69, 9.17) is 27.9 Å². The predicted molar refractivity (Wildman–Crippen MR) is 80.3 cm³/mol. The second-order valence-electron chi connectivity index (χ2n) is 4.23. The molecule has 2 aromatic rings. The summed E-state index contributed by atoms with van der Waals surface area (Å²) in [4.78, 5) is 0. The maximum absolute atomic E-state index is 13.6. The van der Waals surface area contributed by atoms with Gasteiger partial charge in [-0.1, -0.05) is 36.2 Å². The van der Waals surface area contributed by atoms with Crippen molar-refractivity contribution < 1.29 is 9.13 Å². The highest BCUT2D eigenvalue weighted by atomic mass is 35.5. The normalized spacial score (nSPS) is 10.6. The van der Waals surface area contributed by atoms with E-state index in [0.29, 0.717) is 28.1 Å². The summed E-state index contributed by atoms with van der Waals surface area (Å²) in [5, 5.41) is 3.84. The van der Waals surface area contributed by atoms with Crippen LogP contribution in [-0.2, 0) is 6.54 Å². The molecule has 0 spiro atoms. The van der Waals surface area contributed by atoms with Gasteiger partial charge in [-0.25, -0.2) is 4.39 Å². The molecule has 0 unspecified atom stereocenters. The highest BCUT2D eigenvalue weighted by Gasteiger charge is 2.08. The van der Waals surface area contributed by atoms with Crippen molar-refractivity contribution in [2.45, 2.75) is 13.5 Å². The minimum atomic E-state index is -0.353. The zero-order valence-corrected chi connectivity index (χ0v) is 12.4. The number of nitrogens with one attached hydrogen (secondary N) is 1. The molecule has 0 aromatic heterocycles. The standard InChI is InChI=1S/C15H14Cl2FNO/c1-2-19-9-10-6-11(18)8-12(7-10)20-14-5-3-4-13(16)15(14)17/h3-8,19H,2,9H2,1H3. The van der Waals surface area contributed by atoms with Crippen molar-refractivity contribution >= 4 is 23.2 Å². The smallest absolute Gasteiger partial charge is 0.147 e. The number of hydrogen-bond acceptors (Lipinski definition) is 2. The van der Waals surface area contributed by atoms with E-state index in [1.807, 2.05) is 6.92 Å². The van der Waals surface area contributed by atoms with E-state index in [-0.39, 0.29) is 5.82 Å².